The minimum atomic E-state index is -0.139. The summed E-state index contributed by atoms with van der Waals surface area (Å²) >= 11 is 3.38. The fourth-order valence-electron chi connectivity index (χ4n) is 2.04. The summed E-state index contributed by atoms with van der Waals surface area (Å²) in [5.41, 5.74) is 0.730. The standard InChI is InChI=1S/C14H21BrFN/c1-4-6-12(5-2)17-10(3)13-9-11(15)7-8-14(13)16/h7-10,12,17H,4-6H2,1-3H3. The molecule has 1 aromatic carbocycles. The molecule has 3 heteroatoms. The maximum absolute atomic E-state index is 13.7. The van der Waals surface area contributed by atoms with Crippen LogP contribution in [0.1, 0.15) is 51.6 Å². The summed E-state index contributed by atoms with van der Waals surface area (Å²) in [5.74, 6) is -0.139. The van der Waals surface area contributed by atoms with E-state index in [0.717, 1.165) is 29.3 Å². The molecule has 1 nitrogen and oxygen atoms in total. The number of nitrogens with one attached hydrogen (secondary N) is 1. The molecule has 0 radical (unpaired) electrons. The smallest absolute Gasteiger partial charge is 0.128 e. The van der Waals surface area contributed by atoms with E-state index in [4.69, 9.17) is 0 Å². The molecule has 0 aliphatic heterocycles. The van der Waals surface area contributed by atoms with Crippen molar-refractivity contribution in [3.63, 3.8) is 0 Å². The van der Waals surface area contributed by atoms with Crippen LogP contribution in [0.25, 0.3) is 0 Å². The van der Waals surface area contributed by atoms with Crippen LogP contribution in [-0.2, 0) is 0 Å². The van der Waals surface area contributed by atoms with Gasteiger partial charge in [-0.1, -0.05) is 36.2 Å². The predicted octanol–water partition coefficient (Wildman–Crippen LogP) is 4.82. The Morgan fingerprint density at radius 1 is 1.35 bits per heavy atom. The molecule has 0 bridgehead atoms. The van der Waals surface area contributed by atoms with E-state index < -0.39 is 0 Å². The second-order valence-electron chi connectivity index (χ2n) is 4.45. The summed E-state index contributed by atoms with van der Waals surface area (Å²) < 4.78 is 14.6. The van der Waals surface area contributed by atoms with Gasteiger partial charge < -0.3 is 5.32 Å². The summed E-state index contributed by atoms with van der Waals surface area (Å²) in [6, 6.07) is 5.61. The molecule has 96 valence electrons. The second-order valence-corrected chi connectivity index (χ2v) is 5.36. The Hall–Kier alpha value is -0.410. The Morgan fingerprint density at radius 3 is 2.65 bits per heavy atom. The van der Waals surface area contributed by atoms with Crippen molar-refractivity contribution in [1.82, 2.24) is 5.32 Å². The van der Waals surface area contributed by atoms with Gasteiger partial charge in [0.15, 0.2) is 0 Å². The van der Waals surface area contributed by atoms with Crippen LogP contribution in [0.5, 0.6) is 0 Å². The van der Waals surface area contributed by atoms with Gasteiger partial charge in [-0.2, -0.15) is 0 Å². The molecule has 0 saturated carbocycles. The van der Waals surface area contributed by atoms with Gasteiger partial charge >= 0.3 is 0 Å². The molecule has 0 aliphatic rings. The van der Waals surface area contributed by atoms with Crippen molar-refractivity contribution in [2.75, 3.05) is 0 Å². The van der Waals surface area contributed by atoms with E-state index in [-0.39, 0.29) is 11.9 Å². The number of rotatable bonds is 6. The second kappa shape index (κ2) is 7.12. The highest BCUT2D eigenvalue weighted by Gasteiger charge is 2.14. The average molecular weight is 302 g/mol. The van der Waals surface area contributed by atoms with Gasteiger partial charge in [0, 0.05) is 22.1 Å². The van der Waals surface area contributed by atoms with E-state index in [1.807, 2.05) is 13.0 Å². The Bertz CT molecular complexity index is 354. The summed E-state index contributed by atoms with van der Waals surface area (Å²) in [6.45, 7) is 6.36. The first-order chi connectivity index (χ1) is 8.08. The zero-order valence-electron chi connectivity index (χ0n) is 10.8. The van der Waals surface area contributed by atoms with Gasteiger partial charge in [0.1, 0.15) is 5.82 Å². The van der Waals surface area contributed by atoms with Crippen LogP contribution in [0.4, 0.5) is 4.39 Å². The molecule has 0 spiro atoms. The quantitative estimate of drug-likeness (QED) is 0.794. The van der Waals surface area contributed by atoms with Crippen molar-refractivity contribution < 1.29 is 4.39 Å². The van der Waals surface area contributed by atoms with Gasteiger partial charge in [-0.25, -0.2) is 4.39 Å². The zero-order chi connectivity index (χ0) is 12.8. The van der Waals surface area contributed by atoms with Crippen LogP contribution in [0.15, 0.2) is 22.7 Å². The highest BCUT2D eigenvalue weighted by atomic mass is 79.9. The average Bonchev–Trinajstić information content (AvgIpc) is 2.31. The Balaban J connectivity index is 2.74. The third kappa shape index (κ3) is 4.40. The molecule has 0 aromatic heterocycles. The molecule has 0 aliphatic carbocycles. The van der Waals surface area contributed by atoms with Crippen molar-refractivity contribution in [1.29, 1.82) is 0 Å². The molecule has 1 rings (SSSR count). The van der Waals surface area contributed by atoms with Gasteiger partial charge in [-0.15, -0.1) is 0 Å². The van der Waals surface area contributed by atoms with Gasteiger partial charge in [-0.3, -0.25) is 0 Å². The third-order valence-electron chi connectivity index (χ3n) is 3.04. The normalized spacial score (nSPS) is 14.6. The predicted molar refractivity (Wildman–Crippen MR) is 74.6 cm³/mol. The lowest BCUT2D eigenvalue weighted by molar-refractivity contribution is 0.408. The van der Waals surface area contributed by atoms with Crippen molar-refractivity contribution in [2.24, 2.45) is 0 Å². The fraction of sp³-hybridized carbons (Fsp3) is 0.571. The van der Waals surface area contributed by atoms with Crippen LogP contribution >= 0.6 is 15.9 Å². The molecule has 2 unspecified atom stereocenters. The lowest BCUT2D eigenvalue weighted by atomic mass is 10.0. The topological polar surface area (TPSA) is 12.0 Å². The molecule has 0 heterocycles. The summed E-state index contributed by atoms with van der Waals surface area (Å²) in [5, 5.41) is 3.49. The maximum Gasteiger partial charge on any atom is 0.128 e. The van der Waals surface area contributed by atoms with Crippen LogP contribution < -0.4 is 5.32 Å². The fourth-order valence-corrected chi connectivity index (χ4v) is 2.42. The molecule has 0 amide bonds. The molecule has 0 fully saturated rings. The van der Waals surface area contributed by atoms with Crippen molar-refractivity contribution in [2.45, 2.75) is 52.1 Å². The van der Waals surface area contributed by atoms with Crippen molar-refractivity contribution in [3.8, 4) is 0 Å². The number of hydrogen-bond donors (Lipinski definition) is 1. The summed E-state index contributed by atoms with van der Waals surface area (Å²) in [6.07, 6.45) is 3.36. The first kappa shape index (κ1) is 14.7. The Labute approximate surface area is 112 Å². The monoisotopic (exact) mass is 301 g/mol. The van der Waals surface area contributed by atoms with Gasteiger partial charge in [-0.05, 0) is 38.0 Å². The largest absolute Gasteiger partial charge is 0.307 e. The number of benzene rings is 1. The van der Waals surface area contributed by atoms with E-state index in [2.05, 4.69) is 35.1 Å². The van der Waals surface area contributed by atoms with Crippen molar-refractivity contribution in [3.05, 3.63) is 34.1 Å². The van der Waals surface area contributed by atoms with Gasteiger partial charge in [0.25, 0.3) is 0 Å². The maximum atomic E-state index is 13.7. The SMILES string of the molecule is CCCC(CC)NC(C)c1cc(Br)ccc1F. The zero-order valence-corrected chi connectivity index (χ0v) is 12.3. The van der Waals surface area contributed by atoms with Crippen LogP contribution in [0, 0.1) is 5.82 Å². The van der Waals surface area contributed by atoms with Crippen LogP contribution in [0.3, 0.4) is 0 Å². The summed E-state index contributed by atoms with van der Waals surface area (Å²) in [7, 11) is 0. The highest BCUT2D eigenvalue weighted by molar-refractivity contribution is 9.10. The number of halogens is 2. The highest BCUT2D eigenvalue weighted by Crippen LogP contribution is 2.22. The molecular weight excluding hydrogens is 281 g/mol. The molecule has 1 N–H and O–H groups in total. The van der Waals surface area contributed by atoms with Gasteiger partial charge in [0.2, 0.25) is 0 Å². The first-order valence-electron chi connectivity index (χ1n) is 6.29. The summed E-state index contributed by atoms with van der Waals surface area (Å²) in [4.78, 5) is 0. The Morgan fingerprint density at radius 2 is 2.06 bits per heavy atom. The molecule has 1 aromatic rings. The third-order valence-corrected chi connectivity index (χ3v) is 3.53. The van der Waals surface area contributed by atoms with Crippen molar-refractivity contribution >= 4 is 15.9 Å². The van der Waals surface area contributed by atoms with Crippen LogP contribution in [0.2, 0.25) is 0 Å². The molecule has 2 atom stereocenters. The Kier molecular flexibility index (Phi) is 6.14. The minimum Gasteiger partial charge on any atom is -0.307 e. The van der Waals surface area contributed by atoms with Gasteiger partial charge in [0.05, 0.1) is 0 Å². The van der Waals surface area contributed by atoms with E-state index in [1.54, 1.807) is 6.07 Å². The number of hydrogen-bond acceptors (Lipinski definition) is 1. The lowest BCUT2D eigenvalue weighted by Crippen LogP contribution is -2.31. The first-order valence-corrected chi connectivity index (χ1v) is 7.08. The van der Waals surface area contributed by atoms with Crippen LogP contribution in [-0.4, -0.2) is 6.04 Å². The molecule has 17 heavy (non-hydrogen) atoms. The molecular formula is C14H21BrFN. The van der Waals surface area contributed by atoms with E-state index in [0.29, 0.717) is 6.04 Å². The van der Waals surface area contributed by atoms with E-state index in [1.165, 1.54) is 6.07 Å². The molecule has 0 saturated heterocycles. The minimum absolute atomic E-state index is 0.0454. The van der Waals surface area contributed by atoms with E-state index >= 15 is 0 Å². The lowest BCUT2D eigenvalue weighted by Gasteiger charge is -2.22. The van der Waals surface area contributed by atoms with E-state index in [9.17, 15) is 4.39 Å².